The average Bonchev–Trinajstić information content (AvgIpc) is 3.09. The normalized spacial score (nSPS) is 10.2. The molecule has 5 heteroatoms. The molecule has 0 saturated heterocycles. The van der Waals surface area contributed by atoms with Gasteiger partial charge in [-0.05, 0) is 24.3 Å². The zero-order valence-electron chi connectivity index (χ0n) is 11.8. The van der Waals surface area contributed by atoms with E-state index in [1.165, 1.54) is 0 Å². The second-order valence-corrected chi connectivity index (χ2v) is 4.64. The highest BCUT2D eigenvalue weighted by molar-refractivity contribution is 5.93. The van der Waals surface area contributed by atoms with E-state index < -0.39 is 0 Å². The lowest BCUT2D eigenvalue weighted by atomic mass is 10.2. The summed E-state index contributed by atoms with van der Waals surface area (Å²) in [5.74, 6) is 0.456. The van der Waals surface area contributed by atoms with Crippen molar-refractivity contribution in [3.8, 4) is 11.4 Å². The smallest absolute Gasteiger partial charge is 0.262 e. The van der Waals surface area contributed by atoms with Gasteiger partial charge in [-0.1, -0.05) is 30.3 Å². The number of amides is 1. The van der Waals surface area contributed by atoms with Crippen LogP contribution in [0.4, 0.5) is 5.69 Å². The summed E-state index contributed by atoms with van der Waals surface area (Å²) in [5, 5.41) is 2.86. The summed E-state index contributed by atoms with van der Waals surface area (Å²) in [6.45, 7) is -0.0394. The summed E-state index contributed by atoms with van der Waals surface area (Å²) in [6.07, 6.45) is 5.20. The topological polar surface area (TPSA) is 56.1 Å². The number of ether oxygens (including phenoxy) is 1. The van der Waals surface area contributed by atoms with Gasteiger partial charge in [-0.2, -0.15) is 0 Å². The second kappa shape index (κ2) is 6.58. The summed E-state index contributed by atoms with van der Waals surface area (Å²) in [4.78, 5) is 16.1. The minimum Gasteiger partial charge on any atom is -0.484 e. The first-order valence-corrected chi connectivity index (χ1v) is 6.88. The predicted octanol–water partition coefficient (Wildman–Crippen LogP) is 2.89. The van der Waals surface area contributed by atoms with E-state index in [1.807, 2.05) is 65.4 Å². The van der Waals surface area contributed by atoms with E-state index in [2.05, 4.69) is 10.3 Å². The maximum atomic E-state index is 12.0. The number of para-hydroxylation sites is 3. The second-order valence-electron chi connectivity index (χ2n) is 4.64. The maximum absolute atomic E-state index is 12.0. The van der Waals surface area contributed by atoms with Crippen molar-refractivity contribution in [2.24, 2.45) is 0 Å². The van der Waals surface area contributed by atoms with E-state index >= 15 is 0 Å². The van der Waals surface area contributed by atoms with Gasteiger partial charge in [0.05, 0.1) is 17.7 Å². The Balaban J connectivity index is 1.67. The third kappa shape index (κ3) is 3.32. The lowest BCUT2D eigenvalue weighted by molar-refractivity contribution is -0.118. The molecule has 0 aliphatic heterocycles. The highest BCUT2D eigenvalue weighted by Gasteiger charge is 2.08. The molecule has 0 fully saturated rings. The van der Waals surface area contributed by atoms with E-state index in [-0.39, 0.29) is 12.5 Å². The molecule has 1 N–H and O–H groups in total. The molecule has 1 aromatic heterocycles. The Hall–Kier alpha value is -3.08. The molecule has 1 amide bonds. The molecular formula is C17H15N3O2. The molecule has 0 atom stereocenters. The van der Waals surface area contributed by atoms with Crippen LogP contribution < -0.4 is 10.1 Å². The number of benzene rings is 2. The first kappa shape index (κ1) is 13.9. The Kier molecular flexibility index (Phi) is 4.15. The summed E-state index contributed by atoms with van der Waals surface area (Å²) >= 11 is 0. The number of imidazole rings is 1. The molecule has 2 aromatic carbocycles. The Labute approximate surface area is 128 Å². The molecular weight excluding hydrogens is 278 g/mol. The number of aromatic nitrogens is 2. The van der Waals surface area contributed by atoms with Crippen LogP contribution in [0.3, 0.4) is 0 Å². The van der Waals surface area contributed by atoms with Crippen molar-refractivity contribution in [3.05, 3.63) is 73.3 Å². The Morgan fingerprint density at radius 1 is 1.09 bits per heavy atom. The highest BCUT2D eigenvalue weighted by atomic mass is 16.5. The van der Waals surface area contributed by atoms with Gasteiger partial charge in [-0.15, -0.1) is 0 Å². The predicted molar refractivity (Wildman–Crippen MR) is 84.1 cm³/mol. The van der Waals surface area contributed by atoms with Crippen LogP contribution in [0.2, 0.25) is 0 Å². The lowest BCUT2D eigenvalue weighted by Gasteiger charge is -2.12. The van der Waals surface area contributed by atoms with Crippen molar-refractivity contribution in [1.82, 2.24) is 9.55 Å². The van der Waals surface area contributed by atoms with Crippen LogP contribution in [0, 0.1) is 0 Å². The monoisotopic (exact) mass is 293 g/mol. The summed E-state index contributed by atoms with van der Waals surface area (Å²) in [5.41, 5.74) is 1.57. The zero-order valence-corrected chi connectivity index (χ0v) is 11.8. The van der Waals surface area contributed by atoms with Gasteiger partial charge in [-0.3, -0.25) is 4.79 Å². The molecule has 0 spiro atoms. The van der Waals surface area contributed by atoms with Gasteiger partial charge in [-0.25, -0.2) is 4.98 Å². The Morgan fingerprint density at radius 3 is 2.64 bits per heavy atom. The van der Waals surface area contributed by atoms with Crippen LogP contribution in [-0.2, 0) is 4.79 Å². The molecule has 22 heavy (non-hydrogen) atoms. The number of carbonyl (C=O) groups excluding carboxylic acids is 1. The Bertz CT molecular complexity index is 740. The molecule has 0 aliphatic carbocycles. The van der Waals surface area contributed by atoms with E-state index in [0.717, 1.165) is 5.69 Å². The fourth-order valence-electron chi connectivity index (χ4n) is 2.06. The van der Waals surface area contributed by atoms with Gasteiger partial charge >= 0.3 is 0 Å². The van der Waals surface area contributed by atoms with Gasteiger partial charge in [0.15, 0.2) is 6.61 Å². The molecule has 5 nitrogen and oxygen atoms in total. The number of hydrogen-bond donors (Lipinski definition) is 1. The molecule has 1 heterocycles. The molecule has 3 aromatic rings. The average molecular weight is 293 g/mol. The largest absolute Gasteiger partial charge is 0.484 e. The summed E-state index contributed by atoms with van der Waals surface area (Å²) in [7, 11) is 0. The van der Waals surface area contributed by atoms with Gasteiger partial charge in [0.25, 0.3) is 5.91 Å². The van der Waals surface area contributed by atoms with Gasteiger partial charge in [0.2, 0.25) is 0 Å². The van der Waals surface area contributed by atoms with Gasteiger partial charge < -0.3 is 14.6 Å². The first-order chi connectivity index (χ1) is 10.8. The number of hydrogen-bond acceptors (Lipinski definition) is 3. The van der Waals surface area contributed by atoms with Crippen molar-refractivity contribution in [1.29, 1.82) is 0 Å². The van der Waals surface area contributed by atoms with Crippen molar-refractivity contribution in [2.45, 2.75) is 0 Å². The van der Waals surface area contributed by atoms with Gasteiger partial charge in [0.1, 0.15) is 5.75 Å². The molecule has 0 radical (unpaired) electrons. The third-order valence-corrected chi connectivity index (χ3v) is 3.07. The molecule has 0 bridgehead atoms. The number of rotatable bonds is 5. The number of anilines is 1. The van der Waals surface area contributed by atoms with E-state index in [9.17, 15) is 4.79 Å². The fourth-order valence-corrected chi connectivity index (χ4v) is 2.06. The highest BCUT2D eigenvalue weighted by Crippen LogP contribution is 2.19. The van der Waals surface area contributed by atoms with E-state index in [4.69, 9.17) is 4.74 Å². The van der Waals surface area contributed by atoms with Crippen molar-refractivity contribution in [3.63, 3.8) is 0 Å². The summed E-state index contributed by atoms with van der Waals surface area (Å²) < 4.78 is 7.28. The van der Waals surface area contributed by atoms with E-state index in [0.29, 0.717) is 11.4 Å². The van der Waals surface area contributed by atoms with Crippen LogP contribution in [0.5, 0.6) is 5.75 Å². The molecule has 110 valence electrons. The van der Waals surface area contributed by atoms with Crippen LogP contribution in [-0.4, -0.2) is 22.1 Å². The molecule has 3 rings (SSSR count). The SMILES string of the molecule is O=C(COc1ccccc1)Nc1ccccc1-n1ccnc1. The number of carbonyl (C=O) groups is 1. The Morgan fingerprint density at radius 2 is 1.86 bits per heavy atom. The molecule has 0 aliphatic rings. The fraction of sp³-hybridized carbons (Fsp3) is 0.0588. The van der Waals surface area contributed by atoms with Crippen molar-refractivity contribution >= 4 is 11.6 Å². The molecule has 0 unspecified atom stereocenters. The van der Waals surface area contributed by atoms with Crippen molar-refractivity contribution in [2.75, 3.05) is 11.9 Å². The number of nitrogens with one attached hydrogen (secondary N) is 1. The first-order valence-electron chi connectivity index (χ1n) is 6.88. The minimum absolute atomic E-state index is 0.0394. The van der Waals surface area contributed by atoms with Crippen LogP contribution in [0.1, 0.15) is 0 Å². The van der Waals surface area contributed by atoms with Crippen LogP contribution in [0.15, 0.2) is 73.3 Å². The summed E-state index contributed by atoms with van der Waals surface area (Å²) in [6, 6.07) is 16.8. The van der Waals surface area contributed by atoms with E-state index in [1.54, 1.807) is 12.5 Å². The van der Waals surface area contributed by atoms with Crippen LogP contribution >= 0.6 is 0 Å². The molecule has 0 saturated carbocycles. The standard InChI is InChI=1S/C17H15N3O2/c21-17(12-22-14-6-2-1-3-7-14)19-15-8-4-5-9-16(15)20-11-10-18-13-20/h1-11,13H,12H2,(H,19,21). The van der Waals surface area contributed by atoms with Gasteiger partial charge in [0, 0.05) is 12.4 Å². The lowest BCUT2D eigenvalue weighted by Crippen LogP contribution is -2.21. The van der Waals surface area contributed by atoms with Crippen molar-refractivity contribution < 1.29 is 9.53 Å². The van der Waals surface area contributed by atoms with Crippen LogP contribution in [0.25, 0.3) is 5.69 Å². The zero-order chi connectivity index (χ0) is 15.2. The minimum atomic E-state index is -0.212. The third-order valence-electron chi connectivity index (χ3n) is 3.07. The quantitative estimate of drug-likeness (QED) is 0.787. The number of nitrogens with zero attached hydrogens (tertiary/aromatic N) is 2. The maximum Gasteiger partial charge on any atom is 0.262 e.